The number of aryl methyl sites for hydroxylation is 1. The zero-order chi connectivity index (χ0) is 14.7. The quantitative estimate of drug-likeness (QED) is 0.637. The molecule has 0 atom stereocenters. The molecule has 0 bridgehead atoms. The SMILES string of the molecule is Cc1nnc(CN=C(NCC2CC2)NC2CCCC2)n1C. The van der Waals surface area contributed by atoms with E-state index in [0.29, 0.717) is 12.6 Å². The predicted octanol–water partition coefficient (Wildman–Crippen LogP) is 1.51. The van der Waals surface area contributed by atoms with E-state index in [0.717, 1.165) is 30.1 Å². The van der Waals surface area contributed by atoms with Crippen molar-refractivity contribution in [1.29, 1.82) is 0 Å². The van der Waals surface area contributed by atoms with Gasteiger partial charge in [0.05, 0.1) is 0 Å². The molecule has 0 radical (unpaired) electrons. The second-order valence-electron chi connectivity index (χ2n) is 6.34. The fourth-order valence-corrected chi connectivity index (χ4v) is 2.72. The molecule has 0 amide bonds. The third kappa shape index (κ3) is 3.95. The van der Waals surface area contributed by atoms with Crippen molar-refractivity contribution in [3.63, 3.8) is 0 Å². The van der Waals surface area contributed by atoms with E-state index in [2.05, 4.69) is 20.8 Å². The number of hydrogen-bond acceptors (Lipinski definition) is 3. The fourth-order valence-electron chi connectivity index (χ4n) is 2.72. The van der Waals surface area contributed by atoms with Crippen molar-refractivity contribution in [2.45, 2.75) is 58.0 Å². The molecule has 1 aromatic heterocycles. The Morgan fingerprint density at radius 3 is 2.62 bits per heavy atom. The molecule has 0 saturated heterocycles. The van der Waals surface area contributed by atoms with Gasteiger partial charge in [0.15, 0.2) is 11.8 Å². The molecule has 3 rings (SSSR count). The third-order valence-corrected chi connectivity index (χ3v) is 4.51. The number of rotatable bonds is 5. The molecule has 0 spiro atoms. The van der Waals surface area contributed by atoms with Gasteiger partial charge in [-0.1, -0.05) is 12.8 Å². The van der Waals surface area contributed by atoms with E-state index < -0.39 is 0 Å². The number of aromatic nitrogens is 3. The lowest BCUT2D eigenvalue weighted by Gasteiger charge is -2.17. The molecule has 2 aliphatic rings. The Morgan fingerprint density at radius 2 is 2.00 bits per heavy atom. The van der Waals surface area contributed by atoms with E-state index in [-0.39, 0.29) is 0 Å². The Balaban J connectivity index is 1.60. The molecule has 21 heavy (non-hydrogen) atoms. The molecule has 2 aliphatic carbocycles. The zero-order valence-corrected chi connectivity index (χ0v) is 13.1. The van der Waals surface area contributed by atoms with Crippen LogP contribution in [0.2, 0.25) is 0 Å². The molecule has 6 heteroatoms. The minimum atomic E-state index is 0.573. The van der Waals surface area contributed by atoms with Gasteiger partial charge in [0, 0.05) is 19.6 Å². The molecule has 2 N–H and O–H groups in total. The first-order chi connectivity index (χ1) is 10.2. The molecule has 0 aromatic carbocycles. The van der Waals surface area contributed by atoms with Gasteiger partial charge in [-0.15, -0.1) is 10.2 Å². The summed E-state index contributed by atoms with van der Waals surface area (Å²) in [6.07, 6.45) is 7.88. The largest absolute Gasteiger partial charge is 0.356 e. The van der Waals surface area contributed by atoms with Gasteiger partial charge in [0.1, 0.15) is 12.4 Å². The van der Waals surface area contributed by atoms with Crippen LogP contribution in [0.5, 0.6) is 0 Å². The lowest BCUT2D eigenvalue weighted by molar-refractivity contribution is 0.605. The molecule has 1 heterocycles. The van der Waals surface area contributed by atoms with E-state index in [1.54, 1.807) is 0 Å². The maximum absolute atomic E-state index is 4.70. The summed E-state index contributed by atoms with van der Waals surface area (Å²) in [5, 5.41) is 15.3. The molecule has 1 aromatic rings. The summed E-state index contributed by atoms with van der Waals surface area (Å²) in [7, 11) is 1.99. The minimum Gasteiger partial charge on any atom is -0.356 e. The molecule has 0 unspecified atom stereocenters. The lowest BCUT2D eigenvalue weighted by atomic mass is 10.2. The van der Waals surface area contributed by atoms with Crippen LogP contribution < -0.4 is 10.6 Å². The van der Waals surface area contributed by atoms with Gasteiger partial charge in [0.25, 0.3) is 0 Å². The maximum atomic E-state index is 4.70. The van der Waals surface area contributed by atoms with Crippen LogP contribution in [0.1, 0.15) is 50.2 Å². The maximum Gasteiger partial charge on any atom is 0.191 e. The average Bonchev–Trinajstić information content (AvgIpc) is 3.08. The summed E-state index contributed by atoms with van der Waals surface area (Å²) in [5.41, 5.74) is 0. The normalized spacial score (nSPS) is 20.0. The number of nitrogens with one attached hydrogen (secondary N) is 2. The second kappa shape index (κ2) is 6.45. The monoisotopic (exact) mass is 290 g/mol. The van der Waals surface area contributed by atoms with E-state index in [9.17, 15) is 0 Å². The highest BCUT2D eigenvalue weighted by atomic mass is 15.3. The van der Waals surface area contributed by atoms with Crippen LogP contribution in [-0.4, -0.2) is 33.3 Å². The second-order valence-corrected chi connectivity index (χ2v) is 6.34. The first kappa shape index (κ1) is 14.4. The number of hydrogen-bond donors (Lipinski definition) is 2. The summed E-state index contributed by atoms with van der Waals surface area (Å²) >= 11 is 0. The summed E-state index contributed by atoms with van der Waals surface area (Å²) in [6.45, 7) is 3.57. The highest BCUT2D eigenvalue weighted by Gasteiger charge is 2.22. The fraction of sp³-hybridized carbons (Fsp3) is 0.800. The van der Waals surface area contributed by atoms with Gasteiger partial charge < -0.3 is 15.2 Å². The summed E-state index contributed by atoms with van der Waals surface area (Å²) < 4.78 is 2.00. The lowest BCUT2D eigenvalue weighted by Crippen LogP contribution is -2.43. The number of aliphatic imine (C=N–C) groups is 1. The van der Waals surface area contributed by atoms with Crippen LogP contribution in [0.15, 0.2) is 4.99 Å². The minimum absolute atomic E-state index is 0.573. The van der Waals surface area contributed by atoms with Gasteiger partial charge in [-0.05, 0) is 38.5 Å². The van der Waals surface area contributed by atoms with Crippen LogP contribution in [0.4, 0.5) is 0 Å². The van der Waals surface area contributed by atoms with Crippen LogP contribution >= 0.6 is 0 Å². The van der Waals surface area contributed by atoms with Crippen LogP contribution in [0, 0.1) is 12.8 Å². The van der Waals surface area contributed by atoms with Crippen molar-refractivity contribution >= 4 is 5.96 Å². The summed E-state index contributed by atoms with van der Waals surface area (Å²) in [4.78, 5) is 4.70. The number of guanidine groups is 1. The summed E-state index contributed by atoms with van der Waals surface area (Å²) in [5.74, 6) is 3.62. The Bertz CT molecular complexity index is 496. The average molecular weight is 290 g/mol. The smallest absolute Gasteiger partial charge is 0.191 e. The highest BCUT2D eigenvalue weighted by molar-refractivity contribution is 5.80. The molecule has 2 fully saturated rings. The van der Waals surface area contributed by atoms with Crippen LogP contribution in [0.3, 0.4) is 0 Å². The van der Waals surface area contributed by atoms with Crippen molar-refractivity contribution < 1.29 is 0 Å². The first-order valence-electron chi connectivity index (χ1n) is 8.12. The van der Waals surface area contributed by atoms with Crippen molar-refractivity contribution in [2.75, 3.05) is 6.54 Å². The topological polar surface area (TPSA) is 67.1 Å². The van der Waals surface area contributed by atoms with Gasteiger partial charge in [-0.3, -0.25) is 0 Å². The molecular formula is C15H26N6. The van der Waals surface area contributed by atoms with E-state index in [1.165, 1.54) is 38.5 Å². The van der Waals surface area contributed by atoms with E-state index in [1.807, 2.05) is 18.5 Å². The van der Waals surface area contributed by atoms with Gasteiger partial charge >= 0.3 is 0 Å². The Labute approximate surface area is 126 Å². The predicted molar refractivity (Wildman–Crippen MR) is 83.0 cm³/mol. The van der Waals surface area contributed by atoms with Crippen molar-refractivity contribution in [3.8, 4) is 0 Å². The first-order valence-corrected chi connectivity index (χ1v) is 8.12. The molecule has 6 nitrogen and oxygen atoms in total. The van der Waals surface area contributed by atoms with Crippen molar-refractivity contribution in [2.24, 2.45) is 18.0 Å². The van der Waals surface area contributed by atoms with Crippen molar-refractivity contribution in [1.82, 2.24) is 25.4 Å². The van der Waals surface area contributed by atoms with E-state index >= 15 is 0 Å². The Hall–Kier alpha value is -1.59. The molecule has 116 valence electrons. The number of nitrogens with zero attached hydrogens (tertiary/aromatic N) is 4. The summed E-state index contributed by atoms with van der Waals surface area (Å²) in [6, 6.07) is 0.580. The van der Waals surface area contributed by atoms with Crippen molar-refractivity contribution in [3.05, 3.63) is 11.6 Å². The van der Waals surface area contributed by atoms with Gasteiger partial charge in [-0.25, -0.2) is 4.99 Å². The van der Waals surface area contributed by atoms with Crippen LogP contribution in [0.25, 0.3) is 0 Å². The molecule has 0 aliphatic heterocycles. The van der Waals surface area contributed by atoms with E-state index in [4.69, 9.17) is 4.99 Å². The third-order valence-electron chi connectivity index (χ3n) is 4.51. The zero-order valence-electron chi connectivity index (χ0n) is 13.1. The molecular weight excluding hydrogens is 264 g/mol. The standard InChI is InChI=1S/C15H26N6/c1-11-19-20-14(21(11)2)10-17-15(16-9-12-7-8-12)18-13-5-3-4-6-13/h12-13H,3-10H2,1-2H3,(H2,16,17,18). The van der Waals surface area contributed by atoms with Crippen LogP contribution in [-0.2, 0) is 13.6 Å². The van der Waals surface area contributed by atoms with Gasteiger partial charge in [-0.2, -0.15) is 0 Å². The molecule has 2 saturated carbocycles. The van der Waals surface area contributed by atoms with Gasteiger partial charge in [0.2, 0.25) is 0 Å². The Morgan fingerprint density at radius 1 is 1.24 bits per heavy atom. The highest BCUT2D eigenvalue weighted by Crippen LogP contribution is 2.27. The Kier molecular flexibility index (Phi) is 4.41.